The third-order valence-electron chi connectivity index (χ3n) is 1.50. The molecule has 0 aromatic carbocycles. The standard InChI is InChI=1S/C8H14N2OS/c1-3-7-6-12-8(10-7)9-4-5-11-2/h6H,3-5H2,1-2H3,(H,9,10). The summed E-state index contributed by atoms with van der Waals surface area (Å²) in [7, 11) is 1.70. The van der Waals surface area contributed by atoms with E-state index in [2.05, 4.69) is 22.6 Å². The van der Waals surface area contributed by atoms with Crippen LogP contribution in [0.4, 0.5) is 5.13 Å². The van der Waals surface area contributed by atoms with Crippen LogP contribution in [0.1, 0.15) is 12.6 Å². The molecule has 0 aliphatic carbocycles. The number of ether oxygens (including phenoxy) is 1. The Kier molecular flexibility index (Phi) is 4.04. The summed E-state index contributed by atoms with van der Waals surface area (Å²) in [6, 6.07) is 0. The molecular weight excluding hydrogens is 172 g/mol. The van der Waals surface area contributed by atoms with Crippen molar-refractivity contribution in [3.05, 3.63) is 11.1 Å². The normalized spacial score (nSPS) is 10.2. The molecule has 1 heterocycles. The van der Waals surface area contributed by atoms with Crippen molar-refractivity contribution in [1.82, 2.24) is 4.98 Å². The van der Waals surface area contributed by atoms with Gasteiger partial charge in [0.25, 0.3) is 0 Å². The summed E-state index contributed by atoms with van der Waals surface area (Å²) in [6.07, 6.45) is 1.00. The summed E-state index contributed by atoms with van der Waals surface area (Å²) in [5.74, 6) is 0. The van der Waals surface area contributed by atoms with Gasteiger partial charge in [0.15, 0.2) is 5.13 Å². The molecule has 1 aromatic rings. The first-order valence-electron chi connectivity index (χ1n) is 4.04. The third-order valence-corrected chi connectivity index (χ3v) is 2.35. The number of rotatable bonds is 5. The van der Waals surface area contributed by atoms with Crippen molar-refractivity contribution in [3.63, 3.8) is 0 Å². The highest BCUT2D eigenvalue weighted by Crippen LogP contribution is 2.14. The predicted octanol–water partition coefficient (Wildman–Crippen LogP) is 1.76. The zero-order valence-corrected chi connectivity index (χ0v) is 8.28. The maximum atomic E-state index is 4.91. The molecule has 1 aromatic heterocycles. The first-order chi connectivity index (χ1) is 5.86. The van der Waals surface area contributed by atoms with Gasteiger partial charge >= 0.3 is 0 Å². The molecule has 4 heteroatoms. The van der Waals surface area contributed by atoms with Gasteiger partial charge in [-0.1, -0.05) is 6.92 Å². The van der Waals surface area contributed by atoms with Crippen molar-refractivity contribution in [2.24, 2.45) is 0 Å². The number of methoxy groups -OCH3 is 1. The fourth-order valence-electron chi connectivity index (χ4n) is 0.811. The van der Waals surface area contributed by atoms with E-state index >= 15 is 0 Å². The topological polar surface area (TPSA) is 34.1 Å². The lowest BCUT2D eigenvalue weighted by Crippen LogP contribution is -2.07. The SMILES string of the molecule is CCc1csc(NCCOC)n1. The molecule has 0 spiro atoms. The smallest absolute Gasteiger partial charge is 0.182 e. The van der Waals surface area contributed by atoms with Gasteiger partial charge in [-0.25, -0.2) is 4.98 Å². The minimum absolute atomic E-state index is 0.723. The van der Waals surface area contributed by atoms with Gasteiger partial charge in [0, 0.05) is 19.0 Å². The van der Waals surface area contributed by atoms with Gasteiger partial charge in [0.05, 0.1) is 12.3 Å². The van der Waals surface area contributed by atoms with Crippen LogP contribution in [0.15, 0.2) is 5.38 Å². The monoisotopic (exact) mass is 186 g/mol. The van der Waals surface area contributed by atoms with E-state index in [1.807, 2.05) is 0 Å². The van der Waals surface area contributed by atoms with Gasteiger partial charge in [0.2, 0.25) is 0 Å². The molecule has 0 bridgehead atoms. The number of hydrogen-bond acceptors (Lipinski definition) is 4. The second kappa shape index (κ2) is 5.11. The fourth-order valence-corrected chi connectivity index (χ4v) is 1.63. The van der Waals surface area contributed by atoms with Crippen LogP contribution in [0.5, 0.6) is 0 Å². The second-order valence-electron chi connectivity index (χ2n) is 2.42. The Hall–Kier alpha value is -0.610. The zero-order chi connectivity index (χ0) is 8.81. The van der Waals surface area contributed by atoms with Gasteiger partial charge in [-0.3, -0.25) is 0 Å². The van der Waals surface area contributed by atoms with Crippen LogP contribution in [-0.2, 0) is 11.2 Å². The fraction of sp³-hybridized carbons (Fsp3) is 0.625. The van der Waals surface area contributed by atoms with E-state index < -0.39 is 0 Å². The molecule has 0 unspecified atom stereocenters. The Bertz CT molecular complexity index is 225. The molecular formula is C8H14N2OS. The van der Waals surface area contributed by atoms with Crippen molar-refractivity contribution in [3.8, 4) is 0 Å². The van der Waals surface area contributed by atoms with Crippen LogP contribution in [0.2, 0.25) is 0 Å². The first kappa shape index (κ1) is 9.48. The van der Waals surface area contributed by atoms with Gasteiger partial charge in [0.1, 0.15) is 0 Å². The van der Waals surface area contributed by atoms with E-state index in [1.54, 1.807) is 18.4 Å². The zero-order valence-electron chi connectivity index (χ0n) is 7.46. The molecule has 0 aliphatic heterocycles. The van der Waals surface area contributed by atoms with Crippen molar-refractivity contribution < 1.29 is 4.74 Å². The molecule has 0 aliphatic rings. The van der Waals surface area contributed by atoms with Crippen LogP contribution in [0.25, 0.3) is 0 Å². The highest BCUT2D eigenvalue weighted by Gasteiger charge is 1.97. The van der Waals surface area contributed by atoms with Crippen LogP contribution < -0.4 is 5.32 Å². The number of hydrogen-bond donors (Lipinski definition) is 1. The summed E-state index contributed by atoms with van der Waals surface area (Å²) < 4.78 is 4.91. The lowest BCUT2D eigenvalue weighted by molar-refractivity contribution is 0.211. The predicted molar refractivity (Wildman–Crippen MR) is 51.9 cm³/mol. The van der Waals surface area contributed by atoms with E-state index in [0.717, 1.165) is 30.4 Å². The number of thiazole rings is 1. The van der Waals surface area contributed by atoms with Crippen molar-refractivity contribution in [2.45, 2.75) is 13.3 Å². The molecule has 0 saturated heterocycles. The molecule has 0 atom stereocenters. The van der Waals surface area contributed by atoms with Crippen molar-refractivity contribution >= 4 is 16.5 Å². The molecule has 0 saturated carbocycles. The molecule has 12 heavy (non-hydrogen) atoms. The lowest BCUT2D eigenvalue weighted by Gasteiger charge is -1.99. The second-order valence-corrected chi connectivity index (χ2v) is 3.28. The number of aryl methyl sites for hydroxylation is 1. The number of anilines is 1. The maximum absolute atomic E-state index is 4.91. The average molecular weight is 186 g/mol. The molecule has 0 fully saturated rings. The van der Waals surface area contributed by atoms with Gasteiger partial charge in [-0.2, -0.15) is 0 Å². The van der Waals surface area contributed by atoms with E-state index in [4.69, 9.17) is 4.74 Å². The first-order valence-corrected chi connectivity index (χ1v) is 4.92. The minimum Gasteiger partial charge on any atom is -0.383 e. The summed E-state index contributed by atoms with van der Waals surface area (Å²) >= 11 is 1.65. The highest BCUT2D eigenvalue weighted by molar-refractivity contribution is 7.13. The van der Waals surface area contributed by atoms with E-state index in [0.29, 0.717) is 0 Å². The highest BCUT2D eigenvalue weighted by atomic mass is 32.1. The number of aromatic nitrogens is 1. The lowest BCUT2D eigenvalue weighted by atomic mass is 10.4. The van der Waals surface area contributed by atoms with Gasteiger partial charge < -0.3 is 10.1 Å². The van der Waals surface area contributed by atoms with E-state index in [-0.39, 0.29) is 0 Å². The summed E-state index contributed by atoms with van der Waals surface area (Å²) in [4.78, 5) is 4.35. The van der Waals surface area contributed by atoms with Gasteiger partial charge in [-0.05, 0) is 6.42 Å². The molecule has 0 radical (unpaired) electrons. The summed E-state index contributed by atoms with van der Waals surface area (Å²) in [5, 5.41) is 6.25. The van der Waals surface area contributed by atoms with Crippen LogP contribution in [-0.4, -0.2) is 25.2 Å². The molecule has 1 N–H and O–H groups in total. The van der Waals surface area contributed by atoms with E-state index in [9.17, 15) is 0 Å². The number of nitrogens with one attached hydrogen (secondary N) is 1. The Labute approximate surface area is 76.8 Å². The Morgan fingerprint density at radius 2 is 2.50 bits per heavy atom. The maximum Gasteiger partial charge on any atom is 0.182 e. The quantitative estimate of drug-likeness (QED) is 0.711. The van der Waals surface area contributed by atoms with Crippen LogP contribution in [0.3, 0.4) is 0 Å². The Morgan fingerprint density at radius 3 is 3.08 bits per heavy atom. The number of nitrogens with zero attached hydrogens (tertiary/aromatic N) is 1. The third kappa shape index (κ3) is 2.79. The van der Waals surface area contributed by atoms with Crippen molar-refractivity contribution in [1.29, 1.82) is 0 Å². The molecule has 1 rings (SSSR count). The van der Waals surface area contributed by atoms with Crippen molar-refractivity contribution in [2.75, 3.05) is 25.6 Å². The van der Waals surface area contributed by atoms with Crippen LogP contribution in [0, 0.1) is 0 Å². The summed E-state index contributed by atoms with van der Waals surface area (Å²) in [6.45, 7) is 3.65. The molecule has 68 valence electrons. The molecule has 0 amide bonds. The summed E-state index contributed by atoms with van der Waals surface area (Å²) in [5.41, 5.74) is 1.15. The molecule has 3 nitrogen and oxygen atoms in total. The minimum atomic E-state index is 0.723. The van der Waals surface area contributed by atoms with Gasteiger partial charge in [-0.15, -0.1) is 11.3 Å². The van der Waals surface area contributed by atoms with Crippen LogP contribution >= 0.6 is 11.3 Å². The Balaban J connectivity index is 2.31. The Morgan fingerprint density at radius 1 is 1.67 bits per heavy atom. The largest absolute Gasteiger partial charge is 0.383 e. The van der Waals surface area contributed by atoms with E-state index in [1.165, 1.54) is 0 Å². The average Bonchev–Trinajstić information content (AvgIpc) is 2.53.